The highest BCUT2D eigenvalue weighted by Crippen LogP contribution is 2.52. The number of nitrogens with zero attached hydrogens (tertiary/aromatic N) is 1. The first-order valence-electron chi connectivity index (χ1n) is 29.9. The Morgan fingerprint density at radius 2 is 0.802 bits per heavy atom. The van der Waals surface area contributed by atoms with Crippen LogP contribution in [0, 0.1) is 0 Å². The fraction of sp³-hybridized carbons (Fsp3) is 0.456. The first-order chi connectivity index (χ1) is 41.5. The molecule has 2 heterocycles. The first-order valence-corrected chi connectivity index (χ1v) is 35.4. The molecule has 0 saturated carbocycles. The Morgan fingerprint density at radius 3 is 1.14 bits per heavy atom. The van der Waals surface area contributed by atoms with E-state index in [1.165, 1.54) is 26.6 Å². The Kier molecular flexibility index (Phi) is 27.7. The van der Waals surface area contributed by atoms with Gasteiger partial charge in [-0.15, -0.1) is 0 Å². The van der Waals surface area contributed by atoms with Gasteiger partial charge in [0.25, 0.3) is 0 Å². The molecule has 2 saturated heterocycles. The van der Waals surface area contributed by atoms with Crippen molar-refractivity contribution in [3.63, 3.8) is 0 Å². The van der Waals surface area contributed by atoms with Crippen LogP contribution in [0.25, 0.3) is 0 Å². The molecule has 6 aromatic carbocycles. The molecule has 0 amide bonds. The predicted octanol–water partition coefficient (Wildman–Crippen LogP) is 13.1. The number of hydrogen-bond acceptors (Lipinski definition) is 15. The third-order valence-electron chi connectivity index (χ3n) is 15.5. The SMILES string of the molecule is CC(=O)OC1O[C@H](COCc2ccccc2)[C@@H](OP(O)(=S)O[C@H]2O[C@H](COCc3ccccc3)[C@@H](O[Si](C)(C)C(C)(C)C)[C@H](OCc3ccccc3)[C@H]2OCc2ccccc2)[C@H](OCc2ccccc2)[C@H]1OCc1ccccc1.CCN(CC)CC. The molecule has 0 radical (unpaired) electrons. The molecule has 2 fully saturated rings. The van der Waals surface area contributed by atoms with Crippen molar-refractivity contribution in [3.05, 3.63) is 215 Å². The molecule has 2 aliphatic heterocycles. The van der Waals surface area contributed by atoms with Crippen LogP contribution in [0.5, 0.6) is 0 Å². The van der Waals surface area contributed by atoms with Crippen molar-refractivity contribution in [2.45, 2.75) is 168 Å². The van der Waals surface area contributed by atoms with E-state index in [1.807, 2.05) is 182 Å². The van der Waals surface area contributed by atoms with E-state index in [-0.39, 0.29) is 57.9 Å². The van der Waals surface area contributed by atoms with Gasteiger partial charge < -0.3 is 56.9 Å². The van der Waals surface area contributed by atoms with E-state index >= 15 is 0 Å². The molecular weight excluding hydrogens is 1150 g/mol. The van der Waals surface area contributed by atoms with E-state index in [4.69, 9.17) is 67.9 Å². The minimum absolute atomic E-state index is 0.0461. The first kappa shape index (κ1) is 68.6. The maximum absolute atomic E-state index is 12.9. The third kappa shape index (κ3) is 21.7. The summed E-state index contributed by atoms with van der Waals surface area (Å²) in [5.41, 5.74) is 5.34. The second-order valence-electron chi connectivity index (χ2n) is 22.8. The monoisotopic (exact) mass is 1240 g/mol. The van der Waals surface area contributed by atoms with Crippen molar-refractivity contribution in [3.8, 4) is 0 Å². The van der Waals surface area contributed by atoms with Gasteiger partial charge in [0.05, 0.1) is 52.9 Å². The summed E-state index contributed by atoms with van der Waals surface area (Å²) in [5.74, 6) is -0.614. The number of carbonyl (C=O) groups is 1. The molecule has 11 atom stereocenters. The summed E-state index contributed by atoms with van der Waals surface area (Å²) in [6.45, 7) is 18.6. The molecule has 0 aromatic heterocycles. The zero-order valence-corrected chi connectivity index (χ0v) is 54.1. The van der Waals surface area contributed by atoms with Crippen LogP contribution in [0.1, 0.15) is 81.8 Å². The van der Waals surface area contributed by atoms with Crippen molar-refractivity contribution in [2.24, 2.45) is 0 Å². The molecular formula is C68H90NO14PSSi. The number of benzene rings is 6. The maximum Gasteiger partial charge on any atom is 0.327 e. The Hall–Kier alpha value is -4.86. The number of rotatable bonds is 30. The zero-order chi connectivity index (χ0) is 61.4. The normalized spacial score (nSPS) is 23.2. The van der Waals surface area contributed by atoms with E-state index in [2.05, 4.69) is 59.5 Å². The average molecular weight is 1240 g/mol. The Bertz CT molecular complexity index is 2870. The van der Waals surface area contributed by atoms with Crippen LogP contribution < -0.4 is 0 Å². The zero-order valence-electron chi connectivity index (χ0n) is 51.4. The van der Waals surface area contributed by atoms with E-state index in [1.54, 1.807) is 0 Å². The summed E-state index contributed by atoms with van der Waals surface area (Å²) < 4.78 is 80.8. The molecule has 86 heavy (non-hydrogen) atoms. The molecule has 6 aromatic rings. The van der Waals surface area contributed by atoms with Crippen LogP contribution in [0.2, 0.25) is 18.1 Å². The van der Waals surface area contributed by atoms with Crippen molar-refractivity contribution in [1.29, 1.82) is 0 Å². The third-order valence-corrected chi connectivity index (χ3v) is 21.4. The average Bonchev–Trinajstić information content (AvgIpc) is 1.03. The van der Waals surface area contributed by atoms with Crippen molar-refractivity contribution >= 4 is 32.8 Å². The minimum Gasteiger partial charge on any atom is -0.433 e. The fourth-order valence-corrected chi connectivity index (χ4v) is 12.6. The standard InChI is InChI=1S/C62H75O14PSSi.C6H15N/c1-45(63)71-60-58(69-41-50-33-21-11-22-34-50)56(67-39-48-29-17-9-18-30-48)54(52(72-60)43-65-37-46-25-13-7-14-26-46)74-77(64,78)75-61-59(70-42-51-35-23-12-24-36-51)57(68-40-49-31-19-10-20-32-49)55(76-79(5,6)62(2,3)4)53(73-61)44-66-38-47-27-15-8-16-28-47;1-4-7(5-2)6-3/h7-36,52-61H,37-44H2,1-6H3,(H,64,78);4-6H2,1-3H3/t52-,53-,54-,55-,56+,57+,58-,59-,60?,61-,77?;/m1./s1. The smallest absolute Gasteiger partial charge is 0.327 e. The number of carbonyl (C=O) groups excluding carboxylic acids is 1. The lowest BCUT2D eigenvalue weighted by Crippen LogP contribution is -2.64. The molecule has 1 N–H and O–H groups in total. The van der Waals surface area contributed by atoms with Crippen LogP contribution in [-0.4, -0.2) is 118 Å². The minimum atomic E-state index is -4.54. The number of esters is 1. The molecule has 2 unspecified atom stereocenters. The highest BCUT2D eigenvalue weighted by atomic mass is 32.5. The molecule has 18 heteroatoms. The largest absolute Gasteiger partial charge is 0.433 e. The molecule has 0 spiro atoms. The highest BCUT2D eigenvalue weighted by molar-refractivity contribution is 8.07. The van der Waals surface area contributed by atoms with Crippen LogP contribution in [-0.2, 0) is 112 Å². The van der Waals surface area contributed by atoms with Gasteiger partial charge in [-0.05, 0) is 83.0 Å². The van der Waals surface area contributed by atoms with Crippen LogP contribution in [0.15, 0.2) is 182 Å². The van der Waals surface area contributed by atoms with Gasteiger partial charge in [-0.2, -0.15) is 0 Å². The summed E-state index contributed by atoms with van der Waals surface area (Å²) in [5, 5.41) is -0.222. The Morgan fingerprint density at radius 1 is 0.488 bits per heavy atom. The summed E-state index contributed by atoms with van der Waals surface area (Å²) in [7, 11) is -2.62. The van der Waals surface area contributed by atoms with Crippen LogP contribution in [0.4, 0.5) is 0 Å². The summed E-state index contributed by atoms with van der Waals surface area (Å²) in [4.78, 5) is 28.2. The summed E-state index contributed by atoms with van der Waals surface area (Å²) in [6, 6.07) is 58.2. The Labute approximate surface area is 516 Å². The van der Waals surface area contributed by atoms with E-state index in [0.29, 0.717) is 0 Å². The van der Waals surface area contributed by atoms with Gasteiger partial charge in [-0.25, -0.2) is 0 Å². The Balaban J connectivity index is 0.00000142. The van der Waals surface area contributed by atoms with Gasteiger partial charge in [0.15, 0.2) is 14.6 Å². The number of hydrogen-bond donors (Lipinski definition) is 1. The molecule has 0 bridgehead atoms. The van der Waals surface area contributed by atoms with E-state index < -0.39 is 82.4 Å². The van der Waals surface area contributed by atoms with Gasteiger partial charge in [0, 0.05) is 6.92 Å². The second-order valence-corrected chi connectivity index (χ2v) is 30.3. The predicted molar refractivity (Wildman–Crippen MR) is 339 cm³/mol. The fourth-order valence-electron chi connectivity index (χ4n) is 9.67. The molecule has 8 rings (SSSR count). The molecule has 2 aliphatic rings. The lowest BCUT2D eigenvalue weighted by Gasteiger charge is -2.50. The van der Waals surface area contributed by atoms with Crippen molar-refractivity contribution < 1.29 is 65.8 Å². The lowest BCUT2D eigenvalue weighted by molar-refractivity contribution is -0.314. The van der Waals surface area contributed by atoms with Crippen molar-refractivity contribution in [2.75, 3.05) is 32.8 Å². The molecule has 0 aliphatic carbocycles. The van der Waals surface area contributed by atoms with Crippen molar-refractivity contribution in [1.82, 2.24) is 4.90 Å². The molecule has 466 valence electrons. The maximum atomic E-state index is 12.9. The highest BCUT2D eigenvalue weighted by Gasteiger charge is 2.56. The van der Waals surface area contributed by atoms with Crippen LogP contribution >= 0.6 is 6.72 Å². The van der Waals surface area contributed by atoms with Crippen LogP contribution in [0.3, 0.4) is 0 Å². The molecule has 15 nitrogen and oxygen atoms in total. The summed E-state index contributed by atoms with van der Waals surface area (Å²) >= 11 is 6.14. The van der Waals surface area contributed by atoms with Gasteiger partial charge in [0.2, 0.25) is 6.29 Å². The quantitative estimate of drug-likeness (QED) is 0.0258. The summed E-state index contributed by atoms with van der Waals surface area (Å²) in [6.07, 6.45) is -10.9. The second kappa shape index (κ2) is 34.8. The van der Waals surface area contributed by atoms with Gasteiger partial charge in [-0.3, -0.25) is 13.8 Å². The van der Waals surface area contributed by atoms with Gasteiger partial charge in [0.1, 0.15) is 48.8 Å². The van der Waals surface area contributed by atoms with Gasteiger partial charge in [-0.1, -0.05) is 224 Å². The van der Waals surface area contributed by atoms with E-state index in [0.717, 1.165) is 33.4 Å². The van der Waals surface area contributed by atoms with E-state index in [9.17, 15) is 9.69 Å². The lowest BCUT2D eigenvalue weighted by atomic mass is 9.98. The topological polar surface area (TPSA) is 151 Å². The van der Waals surface area contributed by atoms with Gasteiger partial charge >= 0.3 is 12.7 Å². The number of ether oxygens (including phenoxy) is 9.